The number of benzene rings is 2. The van der Waals surface area contributed by atoms with E-state index in [0.717, 1.165) is 36.6 Å². The Balaban J connectivity index is 1.92. The first-order valence-electron chi connectivity index (χ1n) is 9.19. The number of hydrogen-bond donors (Lipinski definition) is 1. The van der Waals surface area contributed by atoms with E-state index in [1.54, 1.807) is 26.0 Å². The van der Waals surface area contributed by atoms with Gasteiger partial charge in [-0.2, -0.15) is 0 Å². The summed E-state index contributed by atoms with van der Waals surface area (Å²) < 4.78 is 0. The maximum Gasteiger partial charge on any atom is 0.253 e. The molecule has 2 rings (SSSR count). The van der Waals surface area contributed by atoms with Crippen molar-refractivity contribution < 1.29 is 4.79 Å². The topological polar surface area (TPSA) is 47.9 Å². The van der Waals surface area contributed by atoms with Crippen LogP contribution in [0.3, 0.4) is 0 Å². The lowest BCUT2D eigenvalue weighted by atomic mass is 10.1. The highest BCUT2D eigenvalue weighted by Gasteiger charge is 2.10. The van der Waals surface area contributed by atoms with Gasteiger partial charge >= 0.3 is 0 Å². The molecule has 27 heavy (non-hydrogen) atoms. The van der Waals surface area contributed by atoms with E-state index < -0.39 is 0 Å². The van der Waals surface area contributed by atoms with Gasteiger partial charge in [-0.05, 0) is 42.2 Å². The Bertz CT molecular complexity index is 798. The Kier molecular flexibility index (Phi) is 7.41. The molecule has 0 heterocycles. The van der Waals surface area contributed by atoms with Crippen molar-refractivity contribution in [2.24, 2.45) is 4.99 Å². The lowest BCUT2D eigenvalue weighted by Crippen LogP contribution is -2.39. The Hall–Kier alpha value is -2.82. The van der Waals surface area contributed by atoms with E-state index >= 15 is 0 Å². The van der Waals surface area contributed by atoms with Gasteiger partial charge in [0.15, 0.2) is 5.96 Å². The number of amides is 1. The average molecular weight is 367 g/mol. The van der Waals surface area contributed by atoms with Gasteiger partial charge in [0, 0.05) is 46.8 Å². The second kappa shape index (κ2) is 9.76. The van der Waals surface area contributed by atoms with Crippen molar-refractivity contribution in [2.45, 2.75) is 19.9 Å². The SMILES string of the molecule is CN=C(NCCc1cccc(C(=O)N(C)C)c1)N(C)Cc1ccccc1C. The number of aliphatic imine (C=N–C) groups is 1. The number of nitrogens with zero attached hydrogens (tertiary/aromatic N) is 3. The molecule has 1 amide bonds. The summed E-state index contributed by atoms with van der Waals surface area (Å²) in [4.78, 5) is 20.2. The maximum absolute atomic E-state index is 12.1. The van der Waals surface area contributed by atoms with Gasteiger partial charge < -0.3 is 15.1 Å². The quantitative estimate of drug-likeness (QED) is 0.632. The molecule has 2 aromatic carbocycles. The summed E-state index contributed by atoms with van der Waals surface area (Å²) in [7, 11) is 7.38. The molecule has 0 aliphatic heterocycles. The van der Waals surface area contributed by atoms with Crippen LogP contribution in [0.15, 0.2) is 53.5 Å². The minimum atomic E-state index is 0.0265. The first kappa shape index (κ1) is 20.5. The normalized spacial score (nSPS) is 11.2. The summed E-state index contributed by atoms with van der Waals surface area (Å²) in [5, 5.41) is 3.41. The van der Waals surface area contributed by atoms with Crippen LogP contribution in [0.4, 0.5) is 0 Å². The summed E-state index contributed by atoms with van der Waals surface area (Å²) in [6.07, 6.45) is 0.825. The summed E-state index contributed by atoms with van der Waals surface area (Å²) in [5.41, 5.74) is 4.42. The molecular weight excluding hydrogens is 336 g/mol. The molecule has 2 aromatic rings. The number of carbonyl (C=O) groups is 1. The van der Waals surface area contributed by atoms with E-state index in [2.05, 4.69) is 46.4 Å². The van der Waals surface area contributed by atoms with Gasteiger partial charge in [0.2, 0.25) is 0 Å². The molecule has 0 saturated heterocycles. The minimum Gasteiger partial charge on any atom is -0.356 e. The molecule has 0 aliphatic rings. The molecular formula is C22H30N4O. The van der Waals surface area contributed by atoms with Gasteiger partial charge in [-0.1, -0.05) is 36.4 Å². The van der Waals surface area contributed by atoms with Gasteiger partial charge in [-0.3, -0.25) is 9.79 Å². The maximum atomic E-state index is 12.1. The molecule has 0 fully saturated rings. The monoisotopic (exact) mass is 366 g/mol. The fraction of sp³-hybridized carbons (Fsp3) is 0.364. The van der Waals surface area contributed by atoms with E-state index in [-0.39, 0.29) is 5.91 Å². The van der Waals surface area contributed by atoms with Crippen molar-refractivity contribution in [1.82, 2.24) is 15.1 Å². The Morgan fingerprint density at radius 1 is 1.07 bits per heavy atom. The zero-order valence-corrected chi connectivity index (χ0v) is 17.0. The minimum absolute atomic E-state index is 0.0265. The van der Waals surface area contributed by atoms with E-state index in [1.165, 1.54) is 11.1 Å². The highest BCUT2D eigenvalue weighted by atomic mass is 16.2. The fourth-order valence-corrected chi connectivity index (χ4v) is 2.94. The molecule has 1 N–H and O–H groups in total. The van der Waals surface area contributed by atoms with Crippen LogP contribution in [0.25, 0.3) is 0 Å². The molecule has 144 valence electrons. The number of nitrogens with one attached hydrogen (secondary N) is 1. The lowest BCUT2D eigenvalue weighted by Gasteiger charge is -2.23. The van der Waals surface area contributed by atoms with Crippen LogP contribution in [-0.2, 0) is 13.0 Å². The van der Waals surface area contributed by atoms with Crippen molar-refractivity contribution >= 4 is 11.9 Å². The molecule has 0 unspecified atom stereocenters. The van der Waals surface area contributed by atoms with E-state index in [0.29, 0.717) is 0 Å². The predicted octanol–water partition coefficient (Wildman–Crippen LogP) is 2.95. The molecule has 0 atom stereocenters. The van der Waals surface area contributed by atoms with Gasteiger partial charge in [-0.25, -0.2) is 0 Å². The fourth-order valence-electron chi connectivity index (χ4n) is 2.94. The van der Waals surface area contributed by atoms with Crippen molar-refractivity contribution in [3.05, 3.63) is 70.8 Å². The summed E-state index contributed by atoms with van der Waals surface area (Å²) >= 11 is 0. The van der Waals surface area contributed by atoms with E-state index in [1.807, 2.05) is 31.3 Å². The smallest absolute Gasteiger partial charge is 0.253 e. The van der Waals surface area contributed by atoms with Crippen LogP contribution in [0.1, 0.15) is 27.0 Å². The summed E-state index contributed by atoms with van der Waals surface area (Å²) in [6.45, 7) is 3.69. The third-order valence-electron chi connectivity index (χ3n) is 4.52. The van der Waals surface area contributed by atoms with Crippen molar-refractivity contribution in [2.75, 3.05) is 34.7 Å². The molecule has 0 bridgehead atoms. The first-order chi connectivity index (χ1) is 12.9. The zero-order chi connectivity index (χ0) is 19.8. The summed E-state index contributed by atoms with van der Waals surface area (Å²) in [6, 6.07) is 16.2. The molecule has 5 heteroatoms. The first-order valence-corrected chi connectivity index (χ1v) is 9.19. The molecule has 0 saturated carbocycles. The zero-order valence-electron chi connectivity index (χ0n) is 17.0. The molecule has 0 aliphatic carbocycles. The van der Waals surface area contributed by atoms with Gasteiger partial charge in [-0.15, -0.1) is 0 Å². The largest absolute Gasteiger partial charge is 0.356 e. The van der Waals surface area contributed by atoms with Crippen LogP contribution in [0, 0.1) is 6.92 Å². The van der Waals surface area contributed by atoms with Gasteiger partial charge in [0.25, 0.3) is 5.91 Å². The molecule has 5 nitrogen and oxygen atoms in total. The molecule has 0 aromatic heterocycles. The summed E-state index contributed by atoms with van der Waals surface area (Å²) in [5.74, 6) is 0.886. The van der Waals surface area contributed by atoms with Crippen molar-refractivity contribution in [3.63, 3.8) is 0 Å². The Labute approximate surface area is 162 Å². The highest BCUT2D eigenvalue weighted by molar-refractivity contribution is 5.94. The van der Waals surface area contributed by atoms with Crippen LogP contribution >= 0.6 is 0 Å². The average Bonchev–Trinajstić information content (AvgIpc) is 2.66. The predicted molar refractivity (Wildman–Crippen MR) is 112 cm³/mol. The van der Waals surface area contributed by atoms with Crippen LogP contribution in [0.5, 0.6) is 0 Å². The van der Waals surface area contributed by atoms with Crippen LogP contribution in [-0.4, -0.2) is 56.4 Å². The third kappa shape index (κ3) is 5.84. The number of guanidine groups is 1. The third-order valence-corrected chi connectivity index (χ3v) is 4.52. The second-order valence-corrected chi connectivity index (χ2v) is 6.91. The molecule has 0 radical (unpaired) electrons. The standard InChI is InChI=1S/C22H30N4O/c1-17-9-6-7-11-20(17)16-26(5)22(23-2)24-14-13-18-10-8-12-19(15-18)21(27)25(3)4/h6-12,15H,13-14,16H2,1-5H3,(H,23,24). The Morgan fingerprint density at radius 3 is 2.48 bits per heavy atom. The van der Waals surface area contributed by atoms with Gasteiger partial charge in [0.1, 0.15) is 0 Å². The second-order valence-electron chi connectivity index (χ2n) is 6.91. The number of carbonyl (C=O) groups excluding carboxylic acids is 1. The molecule has 0 spiro atoms. The van der Waals surface area contributed by atoms with Crippen molar-refractivity contribution in [3.8, 4) is 0 Å². The highest BCUT2D eigenvalue weighted by Crippen LogP contribution is 2.10. The van der Waals surface area contributed by atoms with Crippen LogP contribution in [0.2, 0.25) is 0 Å². The Morgan fingerprint density at radius 2 is 1.81 bits per heavy atom. The lowest BCUT2D eigenvalue weighted by molar-refractivity contribution is 0.0827. The number of aryl methyl sites for hydroxylation is 1. The van der Waals surface area contributed by atoms with E-state index in [9.17, 15) is 4.79 Å². The van der Waals surface area contributed by atoms with Crippen molar-refractivity contribution in [1.29, 1.82) is 0 Å². The number of rotatable bonds is 6. The van der Waals surface area contributed by atoms with Gasteiger partial charge in [0.05, 0.1) is 0 Å². The van der Waals surface area contributed by atoms with Crippen LogP contribution < -0.4 is 5.32 Å². The number of hydrogen-bond acceptors (Lipinski definition) is 2. The van der Waals surface area contributed by atoms with E-state index in [4.69, 9.17) is 0 Å².